The second-order valence-corrected chi connectivity index (χ2v) is 6.54. The lowest BCUT2D eigenvalue weighted by atomic mass is 10.0. The summed E-state index contributed by atoms with van der Waals surface area (Å²) < 4.78 is 3.18. The summed E-state index contributed by atoms with van der Waals surface area (Å²) in [6, 6.07) is 8.36. The number of ketones is 1. The van der Waals surface area contributed by atoms with Crippen molar-refractivity contribution < 1.29 is 4.79 Å². The fourth-order valence-corrected chi connectivity index (χ4v) is 3.91. The highest BCUT2D eigenvalue weighted by molar-refractivity contribution is 7.21. The first-order valence-corrected chi connectivity index (χ1v) is 8.60. The van der Waals surface area contributed by atoms with Crippen molar-refractivity contribution >= 4 is 27.2 Å². The second kappa shape index (κ2) is 6.88. The maximum absolute atomic E-state index is 12.7. The number of Topliss-reactive ketones (excluding diaryl/α,β-unsaturated/α-hetero) is 1. The molecule has 0 bridgehead atoms. The molecule has 0 fully saturated rings. The predicted molar refractivity (Wildman–Crippen MR) is 91.6 cm³/mol. The predicted octanol–water partition coefficient (Wildman–Crippen LogP) is 4.71. The summed E-state index contributed by atoms with van der Waals surface area (Å²) >= 11 is 1.65. The number of imidazole rings is 1. The van der Waals surface area contributed by atoms with E-state index in [1.807, 2.05) is 16.8 Å². The van der Waals surface area contributed by atoms with Crippen LogP contribution in [0.1, 0.15) is 41.4 Å². The average Bonchev–Trinajstić information content (AvgIpc) is 3.18. The first-order valence-electron chi connectivity index (χ1n) is 7.79. The van der Waals surface area contributed by atoms with Gasteiger partial charge < -0.3 is 4.57 Å². The quantitative estimate of drug-likeness (QED) is 0.592. The van der Waals surface area contributed by atoms with Crippen LogP contribution in [0.3, 0.4) is 0 Å². The normalized spacial score (nSPS) is 11.1. The summed E-state index contributed by atoms with van der Waals surface area (Å²) in [6.45, 7) is 2.88. The van der Waals surface area contributed by atoms with Crippen molar-refractivity contribution in [3.8, 4) is 0 Å². The van der Waals surface area contributed by atoms with E-state index in [2.05, 4.69) is 30.1 Å². The number of nitrogens with zero attached hydrogens (tertiary/aromatic N) is 2. The molecular formula is C18H20N2OS. The third-order valence-electron chi connectivity index (χ3n) is 3.89. The number of carbonyl (C=O) groups is 1. The summed E-state index contributed by atoms with van der Waals surface area (Å²) in [7, 11) is 0. The van der Waals surface area contributed by atoms with Gasteiger partial charge in [-0.25, -0.2) is 4.98 Å². The van der Waals surface area contributed by atoms with Crippen molar-refractivity contribution in [3.05, 3.63) is 53.4 Å². The molecule has 0 saturated heterocycles. The van der Waals surface area contributed by atoms with E-state index >= 15 is 0 Å². The molecule has 0 atom stereocenters. The van der Waals surface area contributed by atoms with Gasteiger partial charge in [0.25, 0.3) is 0 Å². The first-order chi connectivity index (χ1) is 10.8. The van der Waals surface area contributed by atoms with Gasteiger partial charge in [0.05, 0.1) is 11.2 Å². The van der Waals surface area contributed by atoms with Crippen LogP contribution in [-0.2, 0) is 13.0 Å². The lowest BCUT2D eigenvalue weighted by molar-refractivity contribution is 0.0980. The van der Waals surface area contributed by atoms with Crippen LogP contribution >= 0.6 is 11.3 Å². The van der Waals surface area contributed by atoms with E-state index in [-0.39, 0.29) is 5.78 Å². The second-order valence-electron chi connectivity index (χ2n) is 5.48. The van der Waals surface area contributed by atoms with Crippen LogP contribution in [0.4, 0.5) is 0 Å². The van der Waals surface area contributed by atoms with Crippen LogP contribution in [0.15, 0.2) is 43.0 Å². The van der Waals surface area contributed by atoms with E-state index < -0.39 is 0 Å². The smallest absolute Gasteiger partial charge is 0.174 e. The molecule has 3 rings (SSSR count). The highest BCUT2D eigenvalue weighted by Gasteiger charge is 2.17. The van der Waals surface area contributed by atoms with E-state index in [9.17, 15) is 4.79 Å². The first kappa shape index (κ1) is 15.0. The fraction of sp³-hybridized carbons (Fsp3) is 0.333. The van der Waals surface area contributed by atoms with E-state index in [1.165, 1.54) is 15.6 Å². The van der Waals surface area contributed by atoms with Crippen LogP contribution in [0, 0.1) is 0 Å². The van der Waals surface area contributed by atoms with E-state index in [0.29, 0.717) is 13.0 Å². The summed E-state index contributed by atoms with van der Waals surface area (Å²) in [5.41, 5.74) is 1.25. The van der Waals surface area contributed by atoms with Crippen LogP contribution < -0.4 is 0 Å². The van der Waals surface area contributed by atoms with Crippen LogP contribution in [-0.4, -0.2) is 15.3 Å². The molecule has 0 aliphatic rings. The van der Waals surface area contributed by atoms with Gasteiger partial charge in [0, 0.05) is 30.1 Å². The number of benzene rings is 1. The Kier molecular flexibility index (Phi) is 4.68. The average molecular weight is 312 g/mol. The monoisotopic (exact) mass is 312 g/mol. The Bertz CT molecular complexity index is 759. The third-order valence-corrected chi connectivity index (χ3v) is 5.14. The van der Waals surface area contributed by atoms with Crippen LogP contribution in [0.2, 0.25) is 0 Å². The molecule has 22 heavy (non-hydrogen) atoms. The molecule has 4 heteroatoms. The molecule has 114 valence electrons. The Morgan fingerprint density at radius 1 is 1.32 bits per heavy atom. The Morgan fingerprint density at radius 2 is 2.18 bits per heavy atom. The SMILES string of the molecule is CCCCc1c(C(=O)CCn2ccnc2)sc2ccccc12. The molecule has 0 unspecified atom stereocenters. The Labute approximate surface area is 134 Å². The van der Waals surface area contributed by atoms with Crippen LogP contribution in [0.5, 0.6) is 0 Å². The molecular weight excluding hydrogens is 292 g/mol. The van der Waals surface area contributed by atoms with Crippen LogP contribution in [0.25, 0.3) is 10.1 Å². The summed E-state index contributed by atoms with van der Waals surface area (Å²) in [4.78, 5) is 17.6. The molecule has 0 radical (unpaired) electrons. The van der Waals surface area contributed by atoms with Crippen molar-refractivity contribution in [2.45, 2.75) is 39.2 Å². The van der Waals surface area contributed by atoms with Crippen molar-refractivity contribution in [1.29, 1.82) is 0 Å². The minimum Gasteiger partial charge on any atom is -0.337 e. The number of unbranched alkanes of at least 4 members (excludes halogenated alkanes) is 1. The molecule has 0 saturated carbocycles. The fourth-order valence-electron chi connectivity index (χ4n) is 2.69. The molecule has 1 aromatic carbocycles. The van der Waals surface area contributed by atoms with Crippen molar-refractivity contribution in [3.63, 3.8) is 0 Å². The van der Waals surface area contributed by atoms with E-state index in [0.717, 1.165) is 24.1 Å². The lowest BCUT2D eigenvalue weighted by Gasteiger charge is -2.04. The standard InChI is InChI=1S/C18H20N2OS/c1-2-3-6-15-14-7-4-5-8-17(14)22-18(15)16(21)9-11-20-12-10-19-13-20/h4-5,7-8,10,12-13H,2-3,6,9,11H2,1H3. The highest BCUT2D eigenvalue weighted by Crippen LogP contribution is 2.33. The largest absolute Gasteiger partial charge is 0.337 e. The van der Waals surface area contributed by atoms with Gasteiger partial charge in [0.1, 0.15) is 0 Å². The van der Waals surface area contributed by atoms with E-state index in [1.54, 1.807) is 23.9 Å². The number of hydrogen-bond acceptors (Lipinski definition) is 3. The van der Waals surface area contributed by atoms with Gasteiger partial charge in [-0.05, 0) is 29.9 Å². The van der Waals surface area contributed by atoms with Crippen molar-refractivity contribution in [2.75, 3.05) is 0 Å². The zero-order valence-electron chi connectivity index (χ0n) is 12.8. The number of rotatable bonds is 7. The van der Waals surface area contributed by atoms with Gasteiger partial charge in [-0.15, -0.1) is 11.3 Å². The zero-order valence-corrected chi connectivity index (χ0v) is 13.6. The zero-order chi connectivity index (χ0) is 15.4. The number of carbonyl (C=O) groups excluding carboxylic acids is 1. The minimum absolute atomic E-state index is 0.251. The van der Waals surface area contributed by atoms with Crippen molar-refractivity contribution in [1.82, 2.24) is 9.55 Å². The molecule has 2 heterocycles. The van der Waals surface area contributed by atoms with Gasteiger partial charge in [-0.3, -0.25) is 4.79 Å². The molecule has 3 aromatic rings. The number of thiophene rings is 1. The highest BCUT2D eigenvalue weighted by atomic mass is 32.1. The molecule has 0 N–H and O–H groups in total. The van der Waals surface area contributed by atoms with Gasteiger partial charge in [-0.2, -0.15) is 0 Å². The summed E-state index contributed by atoms with van der Waals surface area (Å²) in [6.07, 6.45) is 9.20. The molecule has 0 aliphatic carbocycles. The number of hydrogen-bond donors (Lipinski definition) is 0. The Morgan fingerprint density at radius 3 is 2.95 bits per heavy atom. The van der Waals surface area contributed by atoms with Gasteiger partial charge in [0.15, 0.2) is 5.78 Å². The molecule has 2 aromatic heterocycles. The van der Waals surface area contributed by atoms with Gasteiger partial charge in [-0.1, -0.05) is 31.5 Å². The number of aromatic nitrogens is 2. The Balaban J connectivity index is 1.86. The van der Waals surface area contributed by atoms with Gasteiger partial charge in [0.2, 0.25) is 0 Å². The summed E-state index contributed by atoms with van der Waals surface area (Å²) in [5, 5.41) is 1.26. The maximum atomic E-state index is 12.7. The third kappa shape index (κ3) is 3.12. The molecule has 0 spiro atoms. The Hall–Kier alpha value is -1.94. The molecule has 0 aliphatic heterocycles. The minimum atomic E-state index is 0.251. The number of fused-ring (bicyclic) bond motifs is 1. The maximum Gasteiger partial charge on any atom is 0.174 e. The summed E-state index contributed by atoms with van der Waals surface area (Å²) in [5.74, 6) is 0.251. The van der Waals surface area contributed by atoms with Crippen molar-refractivity contribution in [2.24, 2.45) is 0 Å². The number of aryl methyl sites for hydroxylation is 2. The molecule has 3 nitrogen and oxygen atoms in total. The lowest BCUT2D eigenvalue weighted by Crippen LogP contribution is -2.05. The van der Waals surface area contributed by atoms with E-state index in [4.69, 9.17) is 0 Å². The molecule has 0 amide bonds. The topological polar surface area (TPSA) is 34.9 Å². The van der Waals surface area contributed by atoms with Gasteiger partial charge >= 0.3 is 0 Å².